The number of hydrogen-bond acceptors (Lipinski definition) is 4. The minimum absolute atomic E-state index is 0.403. The second-order valence-corrected chi connectivity index (χ2v) is 5.75. The van der Waals surface area contributed by atoms with Gasteiger partial charge in [0.15, 0.2) is 0 Å². The van der Waals surface area contributed by atoms with Gasteiger partial charge in [0.2, 0.25) is 0 Å². The van der Waals surface area contributed by atoms with Crippen LogP contribution in [0.25, 0.3) is 0 Å². The number of rotatable bonds is 5. The maximum Gasteiger partial charge on any atom is 0.394 e. The standard InChI is InChI=1S/C14H21NO.H2O4S/c1-2-15-13(14-9-6-10-16-14)11-12-7-4-3-5-8-12;1-5(2,3)4/h3-5,7-8,13-15H,2,6,9-11H2,1H3;(H2,1,2,3,4). The van der Waals surface area contributed by atoms with E-state index in [9.17, 15) is 0 Å². The Balaban J connectivity index is 0.000000383. The summed E-state index contributed by atoms with van der Waals surface area (Å²) >= 11 is 0. The van der Waals surface area contributed by atoms with Crippen LogP contribution < -0.4 is 5.32 Å². The van der Waals surface area contributed by atoms with Crippen molar-refractivity contribution in [3.63, 3.8) is 0 Å². The molecule has 1 aliphatic heterocycles. The van der Waals surface area contributed by atoms with E-state index >= 15 is 0 Å². The summed E-state index contributed by atoms with van der Waals surface area (Å²) in [5, 5.41) is 3.55. The summed E-state index contributed by atoms with van der Waals surface area (Å²) in [6.07, 6.45) is 3.88. The lowest BCUT2D eigenvalue weighted by Gasteiger charge is -2.23. The molecular weight excluding hydrogens is 294 g/mol. The third kappa shape index (κ3) is 8.79. The Kier molecular flexibility index (Phi) is 7.84. The van der Waals surface area contributed by atoms with Gasteiger partial charge < -0.3 is 10.1 Å². The molecule has 21 heavy (non-hydrogen) atoms. The van der Waals surface area contributed by atoms with E-state index in [4.69, 9.17) is 22.3 Å². The molecule has 0 saturated carbocycles. The molecule has 0 spiro atoms. The Morgan fingerprint density at radius 2 is 1.95 bits per heavy atom. The predicted octanol–water partition coefficient (Wildman–Crippen LogP) is 1.73. The van der Waals surface area contributed by atoms with Gasteiger partial charge in [-0.3, -0.25) is 9.11 Å². The lowest BCUT2D eigenvalue weighted by molar-refractivity contribution is 0.0789. The van der Waals surface area contributed by atoms with Crippen molar-refractivity contribution in [1.82, 2.24) is 5.32 Å². The van der Waals surface area contributed by atoms with Crippen LogP contribution in [-0.4, -0.2) is 42.8 Å². The zero-order valence-electron chi connectivity index (χ0n) is 12.1. The molecule has 1 aromatic carbocycles. The second-order valence-electron chi connectivity index (χ2n) is 4.85. The SMILES string of the molecule is CCNC(Cc1ccccc1)C1CCCO1.O=S(=O)(O)O. The van der Waals surface area contributed by atoms with E-state index in [0.29, 0.717) is 12.1 Å². The molecule has 2 rings (SSSR count). The smallest absolute Gasteiger partial charge is 0.377 e. The van der Waals surface area contributed by atoms with Crippen LogP contribution in [0.15, 0.2) is 30.3 Å². The monoisotopic (exact) mass is 317 g/mol. The maximum absolute atomic E-state index is 8.74. The number of nitrogens with one attached hydrogen (secondary N) is 1. The van der Waals surface area contributed by atoms with E-state index in [0.717, 1.165) is 19.6 Å². The first-order valence-corrected chi connectivity index (χ1v) is 8.38. The van der Waals surface area contributed by atoms with Crippen LogP contribution in [0.5, 0.6) is 0 Å². The molecule has 1 aromatic rings. The molecular formula is C14H23NO5S. The van der Waals surface area contributed by atoms with Gasteiger partial charge in [-0.2, -0.15) is 8.42 Å². The van der Waals surface area contributed by atoms with Gasteiger partial charge in [-0.05, 0) is 31.4 Å². The van der Waals surface area contributed by atoms with Crippen molar-refractivity contribution in [3.05, 3.63) is 35.9 Å². The first-order valence-electron chi connectivity index (χ1n) is 6.99. The van der Waals surface area contributed by atoms with Crippen molar-refractivity contribution < 1.29 is 22.3 Å². The largest absolute Gasteiger partial charge is 0.394 e. The van der Waals surface area contributed by atoms with E-state index in [1.165, 1.54) is 18.4 Å². The molecule has 0 aliphatic carbocycles. The summed E-state index contributed by atoms with van der Waals surface area (Å²) in [5.41, 5.74) is 1.39. The molecule has 7 heteroatoms. The summed E-state index contributed by atoms with van der Waals surface area (Å²) in [6.45, 7) is 4.10. The normalized spacial score (nSPS) is 19.7. The van der Waals surface area contributed by atoms with E-state index < -0.39 is 10.4 Å². The number of hydrogen-bond donors (Lipinski definition) is 3. The number of benzene rings is 1. The highest BCUT2D eigenvalue weighted by Gasteiger charge is 2.25. The quantitative estimate of drug-likeness (QED) is 0.716. The summed E-state index contributed by atoms with van der Waals surface area (Å²) in [5.74, 6) is 0. The van der Waals surface area contributed by atoms with Crippen molar-refractivity contribution in [2.45, 2.75) is 38.3 Å². The highest BCUT2D eigenvalue weighted by molar-refractivity contribution is 7.79. The zero-order valence-corrected chi connectivity index (χ0v) is 12.9. The van der Waals surface area contributed by atoms with Crippen molar-refractivity contribution in [2.75, 3.05) is 13.2 Å². The molecule has 1 saturated heterocycles. The molecule has 1 heterocycles. The molecule has 0 radical (unpaired) electrons. The van der Waals surface area contributed by atoms with E-state index in [-0.39, 0.29) is 0 Å². The zero-order chi connectivity index (χ0) is 15.7. The lowest BCUT2D eigenvalue weighted by Crippen LogP contribution is -2.41. The van der Waals surface area contributed by atoms with Gasteiger partial charge in [-0.15, -0.1) is 0 Å². The first kappa shape index (κ1) is 18.1. The average Bonchev–Trinajstić information content (AvgIpc) is 2.91. The highest BCUT2D eigenvalue weighted by Crippen LogP contribution is 2.18. The molecule has 2 unspecified atom stereocenters. The lowest BCUT2D eigenvalue weighted by atomic mass is 9.99. The fraction of sp³-hybridized carbons (Fsp3) is 0.571. The van der Waals surface area contributed by atoms with Gasteiger partial charge in [0, 0.05) is 12.6 Å². The predicted molar refractivity (Wildman–Crippen MR) is 80.8 cm³/mol. The van der Waals surface area contributed by atoms with Crippen LogP contribution in [0, 0.1) is 0 Å². The minimum Gasteiger partial charge on any atom is -0.377 e. The third-order valence-corrected chi connectivity index (χ3v) is 3.18. The Morgan fingerprint density at radius 3 is 2.43 bits per heavy atom. The number of likely N-dealkylation sites (N-methyl/N-ethyl adjacent to an activating group) is 1. The Morgan fingerprint density at radius 1 is 1.33 bits per heavy atom. The molecule has 2 atom stereocenters. The first-order chi connectivity index (χ1) is 9.90. The van der Waals surface area contributed by atoms with Crippen molar-refractivity contribution in [3.8, 4) is 0 Å². The average molecular weight is 317 g/mol. The topological polar surface area (TPSA) is 95.9 Å². The molecule has 0 bridgehead atoms. The Labute approximate surface area is 126 Å². The van der Waals surface area contributed by atoms with Crippen LogP contribution in [-0.2, 0) is 21.6 Å². The molecule has 6 nitrogen and oxygen atoms in total. The van der Waals surface area contributed by atoms with E-state index in [1.54, 1.807) is 0 Å². The summed E-state index contributed by atoms with van der Waals surface area (Å²) in [7, 11) is -4.67. The molecule has 3 N–H and O–H groups in total. The van der Waals surface area contributed by atoms with Gasteiger partial charge >= 0.3 is 10.4 Å². The fourth-order valence-corrected chi connectivity index (χ4v) is 2.39. The van der Waals surface area contributed by atoms with Crippen molar-refractivity contribution in [2.24, 2.45) is 0 Å². The molecule has 1 aliphatic rings. The van der Waals surface area contributed by atoms with Crippen molar-refractivity contribution >= 4 is 10.4 Å². The van der Waals surface area contributed by atoms with Crippen LogP contribution in [0.3, 0.4) is 0 Å². The van der Waals surface area contributed by atoms with Gasteiger partial charge in [0.25, 0.3) is 0 Å². The summed E-state index contributed by atoms with van der Waals surface area (Å²) in [4.78, 5) is 0. The minimum atomic E-state index is -4.67. The summed E-state index contributed by atoms with van der Waals surface area (Å²) < 4.78 is 37.4. The van der Waals surface area contributed by atoms with Gasteiger partial charge in [-0.25, -0.2) is 0 Å². The van der Waals surface area contributed by atoms with Gasteiger partial charge in [-0.1, -0.05) is 37.3 Å². The van der Waals surface area contributed by atoms with Crippen LogP contribution in [0.1, 0.15) is 25.3 Å². The van der Waals surface area contributed by atoms with Gasteiger partial charge in [0.05, 0.1) is 6.10 Å². The summed E-state index contributed by atoms with van der Waals surface area (Å²) in [6, 6.07) is 11.1. The fourth-order valence-electron chi connectivity index (χ4n) is 2.39. The molecule has 0 amide bonds. The second kappa shape index (κ2) is 9.11. The Hall–Kier alpha value is -0.990. The maximum atomic E-state index is 8.74. The van der Waals surface area contributed by atoms with Crippen LogP contribution >= 0.6 is 0 Å². The van der Waals surface area contributed by atoms with E-state index in [1.807, 2.05) is 0 Å². The number of ether oxygens (including phenoxy) is 1. The van der Waals surface area contributed by atoms with E-state index in [2.05, 4.69) is 42.6 Å². The van der Waals surface area contributed by atoms with Crippen LogP contribution in [0.4, 0.5) is 0 Å². The molecule has 0 aromatic heterocycles. The highest BCUT2D eigenvalue weighted by atomic mass is 32.3. The molecule has 120 valence electrons. The van der Waals surface area contributed by atoms with Gasteiger partial charge in [0.1, 0.15) is 0 Å². The Bertz CT molecular complexity index is 477. The van der Waals surface area contributed by atoms with Crippen LogP contribution in [0.2, 0.25) is 0 Å². The third-order valence-electron chi connectivity index (χ3n) is 3.18. The van der Waals surface area contributed by atoms with Crippen molar-refractivity contribution in [1.29, 1.82) is 0 Å². The molecule has 1 fully saturated rings.